The third-order valence-electron chi connectivity index (χ3n) is 2.18. The molecule has 0 rings (SSSR count). The Hall–Kier alpha value is -1.22. The van der Waals surface area contributed by atoms with Gasteiger partial charge in [-0.3, -0.25) is 4.79 Å². The first-order chi connectivity index (χ1) is 7.11. The summed E-state index contributed by atoms with van der Waals surface area (Å²) in [5.74, 6) is -6.19. The molecule has 8 nitrogen and oxygen atoms in total. The minimum absolute atomic E-state index is 0.118. The molecule has 0 aromatic rings. The highest BCUT2D eigenvalue weighted by atomic mass is 16.5. The summed E-state index contributed by atoms with van der Waals surface area (Å²) in [7, 11) is 0. The van der Waals surface area contributed by atoms with Gasteiger partial charge in [-0.25, -0.2) is 4.79 Å². The van der Waals surface area contributed by atoms with E-state index in [1.165, 1.54) is 0 Å². The van der Waals surface area contributed by atoms with Gasteiger partial charge in [-0.05, 0) is 19.3 Å². The van der Waals surface area contributed by atoms with Crippen molar-refractivity contribution in [2.24, 2.45) is 11.5 Å². The van der Waals surface area contributed by atoms with Gasteiger partial charge in [0.2, 0.25) is 0 Å². The highest BCUT2D eigenvalue weighted by molar-refractivity contribution is 5.76. The molecule has 0 saturated heterocycles. The van der Waals surface area contributed by atoms with Crippen LogP contribution in [0.2, 0.25) is 0 Å². The van der Waals surface area contributed by atoms with Crippen LogP contribution in [-0.2, 0) is 9.59 Å². The molecule has 0 bridgehead atoms. The maximum Gasteiger partial charge on any atom is 0.367 e. The van der Waals surface area contributed by atoms with Gasteiger partial charge in [0.15, 0.2) is 0 Å². The molecule has 0 atom stereocenters. The van der Waals surface area contributed by atoms with Gasteiger partial charge in [0.25, 0.3) is 5.79 Å². The monoisotopic (exact) mass is 236 g/mol. The first kappa shape index (κ1) is 14.8. The number of rotatable bonds is 7. The van der Waals surface area contributed by atoms with E-state index in [9.17, 15) is 9.59 Å². The SMILES string of the molecule is NC(N)(CCCCC(=O)O)C(O)(O)C(=O)O. The van der Waals surface area contributed by atoms with Crippen molar-refractivity contribution < 1.29 is 30.0 Å². The Morgan fingerprint density at radius 2 is 1.56 bits per heavy atom. The smallest absolute Gasteiger partial charge is 0.367 e. The standard InChI is InChI=1S/C8H16N2O6/c9-7(10,8(15,16)6(13)14)4-2-1-3-5(11)12/h15-16H,1-4,9-10H2,(H,11,12)(H,13,14). The lowest BCUT2D eigenvalue weighted by Crippen LogP contribution is -2.70. The second-order valence-electron chi connectivity index (χ2n) is 3.62. The second-order valence-corrected chi connectivity index (χ2v) is 3.62. The number of carbonyl (C=O) groups is 2. The largest absolute Gasteiger partial charge is 0.481 e. The molecule has 16 heavy (non-hydrogen) atoms. The van der Waals surface area contributed by atoms with Crippen LogP contribution in [0.25, 0.3) is 0 Å². The maximum atomic E-state index is 10.5. The molecule has 0 unspecified atom stereocenters. The lowest BCUT2D eigenvalue weighted by molar-refractivity contribution is -0.228. The van der Waals surface area contributed by atoms with Crippen molar-refractivity contribution in [3.05, 3.63) is 0 Å². The highest BCUT2D eigenvalue weighted by Crippen LogP contribution is 2.19. The summed E-state index contributed by atoms with van der Waals surface area (Å²) >= 11 is 0. The van der Waals surface area contributed by atoms with Crippen LogP contribution in [0.4, 0.5) is 0 Å². The third kappa shape index (κ3) is 3.74. The van der Waals surface area contributed by atoms with Crippen molar-refractivity contribution in [2.75, 3.05) is 0 Å². The summed E-state index contributed by atoms with van der Waals surface area (Å²) in [5.41, 5.74) is 8.30. The number of aliphatic carboxylic acids is 2. The maximum absolute atomic E-state index is 10.5. The molecular weight excluding hydrogens is 220 g/mol. The van der Waals surface area contributed by atoms with Crippen LogP contribution in [0.15, 0.2) is 0 Å². The second kappa shape index (κ2) is 5.21. The van der Waals surface area contributed by atoms with Crippen molar-refractivity contribution in [2.45, 2.75) is 37.1 Å². The number of carboxylic acids is 2. The minimum Gasteiger partial charge on any atom is -0.481 e. The van der Waals surface area contributed by atoms with Gasteiger partial charge in [0.05, 0.1) is 0 Å². The predicted octanol–water partition coefficient (Wildman–Crippen LogP) is -1.99. The van der Waals surface area contributed by atoms with Crippen molar-refractivity contribution in [1.82, 2.24) is 0 Å². The van der Waals surface area contributed by atoms with Gasteiger partial charge >= 0.3 is 11.9 Å². The zero-order chi connectivity index (χ0) is 13.0. The molecule has 0 radical (unpaired) electrons. The van der Waals surface area contributed by atoms with Gasteiger partial charge in [0, 0.05) is 6.42 Å². The Kier molecular flexibility index (Phi) is 4.81. The molecule has 0 aliphatic rings. The van der Waals surface area contributed by atoms with Crippen LogP contribution in [0.3, 0.4) is 0 Å². The molecule has 0 aliphatic heterocycles. The first-order valence-electron chi connectivity index (χ1n) is 4.59. The van der Waals surface area contributed by atoms with Crippen molar-refractivity contribution in [3.63, 3.8) is 0 Å². The fourth-order valence-corrected chi connectivity index (χ4v) is 1.07. The van der Waals surface area contributed by atoms with Gasteiger partial charge in [-0.15, -0.1) is 0 Å². The Morgan fingerprint density at radius 1 is 1.06 bits per heavy atom. The van der Waals surface area contributed by atoms with E-state index >= 15 is 0 Å². The van der Waals surface area contributed by atoms with E-state index in [-0.39, 0.29) is 25.7 Å². The van der Waals surface area contributed by atoms with E-state index in [0.29, 0.717) is 0 Å². The molecule has 8 N–H and O–H groups in total. The molecule has 0 amide bonds. The number of unbranched alkanes of at least 4 members (excludes halogenated alkanes) is 1. The summed E-state index contributed by atoms with van der Waals surface area (Å²) in [5, 5.41) is 35.0. The van der Waals surface area contributed by atoms with Crippen LogP contribution in [0.1, 0.15) is 25.7 Å². The van der Waals surface area contributed by atoms with Gasteiger partial charge in [-0.2, -0.15) is 0 Å². The average molecular weight is 236 g/mol. The molecule has 94 valence electrons. The molecule has 0 spiro atoms. The van der Waals surface area contributed by atoms with Crippen LogP contribution in [0, 0.1) is 0 Å². The molecular formula is C8H16N2O6. The van der Waals surface area contributed by atoms with E-state index in [0.717, 1.165) is 0 Å². The fourth-order valence-electron chi connectivity index (χ4n) is 1.07. The number of hydrogen-bond donors (Lipinski definition) is 6. The minimum atomic E-state index is -3.24. The highest BCUT2D eigenvalue weighted by Gasteiger charge is 2.50. The third-order valence-corrected chi connectivity index (χ3v) is 2.18. The van der Waals surface area contributed by atoms with E-state index in [2.05, 4.69) is 0 Å². The van der Waals surface area contributed by atoms with E-state index in [4.69, 9.17) is 31.9 Å². The van der Waals surface area contributed by atoms with Crippen LogP contribution in [0.5, 0.6) is 0 Å². The van der Waals surface area contributed by atoms with Crippen molar-refractivity contribution >= 4 is 11.9 Å². The van der Waals surface area contributed by atoms with Gasteiger partial charge in [-0.1, -0.05) is 0 Å². The Labute approximate surface area is 91.5 Å². The first-order valence-corrected chi connectivity index (χ1v) is 4.59. The van der Waals surface area contributed by atoms with E-state index in [1.54, 1.807) is 0 Å². The number of carboxylic acid groups (broad SMARTS) is 2. The number of hydrogen-bond acceptors (Lipinski definition) is 6. The van der Waals surface area contributed by atoms with Gasteiger partial charge < -0.3 is 31.9 Å². The summed E-state index contributed by atoms with van der Waals surface area (Å²) in [6.45, 7) is 0. The van der Waals surface area contributed by atoms with Crippen molar-refractivity contribution in [3.8, 4) is 0 Å². The van der Waals surface area contributed by atoms with Crippen LogP contribution in [-0.4, -0.2) is 43.8 Å². The van der Waals surface area contributed by atoms with Gasteiger partial charge in [0.1, 0.15) is 5.66 Å². The summed E-state index contributed by atoms with van der Waals surface area (Å²) < 4.78 is 0. The lowest BCUT2D eigenvalue weighted by atomic mass is 9.94. The molecule has 0 aliphatic carbocycles. The van der Waals surface area contributed by atoms with E-state index < -0.39 is 23.4 Å². The number of aliphatic hydroxyl groups is 2. The van der Waals surface area contributed by atoms with E-state index in [1.807, 2.05) is 0 Å². The molecule has 0 heterocycles. The summed E-state index contributed by atoms with van der Waals surface area (Å²) in [6.07, 6.45) is 0.0588. The Morgan fingerprint density at radius 3 is 1.94 bits per heavy atom. The fraction of sp³-hybridized carbons (Fsp3) is 0.750. The zero-order valence-electron chi connectivity index (χ0n) is 8.59. The van der Waals surface area contributed by atoms with Crippen LogP contribution < -0.4 is 11.5 Å². The normalized spacial score (nSPS) is 12.5. The molecule has 8 heteroatoms. The predicted molar refractivity (Wildman–Crippen MR) is 52.0 cm³/mol. The summed E-state index contributed by atoms with van der Waals surface area (Å²) in [6, 6.07) is 0. The Bertz CT molecular complexity index is 276. The average Bonchev–Trinajstić information content (AvgIpc) is 2.11. The van der Waals surface area contributed by atoms with Crippen LogP contribution >= 0.6 is 0 Å². The topological polar surface area (TPSA) is 167 Å². The zero-order valence-corrected chi connectivity index (χ0v) is 8.59. The molecule has 0 aromatic heterocycles. The molecule has 0 aromatic carbocycles. The number of nitrogens with two attached hydrogens (primary N) is 2. The Balaban J connectivity index is 4.24. The quantitative estimate of drug-likeness (QED) is 0.218. The summed E-state index contributed by atoms with van der Waals surface area (Å²) in [4.78, 5) is 20.6. The van der Waals surface area contributed by atoms with Crippen molar-refractivity contribution in [1.29, 1.82) is 0 Å². The molecule has 0 saturated carbocycles. The molecule has 0 fully saturated rings. The lowest BCUT2D eigenvalue weighted by Gasteiger charge is -2.34.